The van der Waals surface area contributed by atoms with Crippen molar-refractivity contribution in [3.8, 4) is 22.3 Å². The molecule has 238 valence electrons. The van der Waals surface area contributed by atoms with Gasteiger partial charge < -0.3 is 19.7 Å². The summed E-state index contributed by atoms with van der Waals surface area (Å²) in [6.07, 6.45) is 2.52. The van der Waals surface area contributed by atoms with Crippen LogP contribution in [0.15, 0.2) is 97.1 Å². The third-order valence-corrected chi connectivity index (χ3v) is 10.1. The van der Waals surface area contributed by atoms with E-state index in [2.05, 4.69) is 97.1 Å². The lowest BCUT2D eigenvalue weighted by Crippen LogP contribution is -2.36. The Morgan fingerprint density at radius 1 is 0.543 bits per heavy atom. The summed E-state index contributed by atoms with van der Waals surface area (Å²) in [7, 11) is 0. The van der Waals surface area contributed by atoms with Gasteiger partial charge in [0.1, 0.15) is 13.2 Å². The number of rotatable bonds is 13. The number of carbonyl (C=O) groups is 2. The molecule has 6 heteroatoms. The average Bonchev–Trinajstić information content (AvgIpc) is 3.53. The third-order valence-electron chi connectivity index (χ3n) is 10.1. The van der Waals surface area contributed by atoms with E-state index in [4.69, 9.17) is 9.47 Å². The third kappa shape index (κ3) is 5.44. The fourth-order valence-corrected chi connectivity index (χ4v) is 8.23. The number of fused-ring (bicyclic) bond motifs is 6. The van der Waals surface area contributed by atoms with Crippen LogP contribution in [0.4, 0.5) is 0 Å². The van der Waals surface area contributed by atoms with E-state index in [-0.39, 0.29) is 38.4 Å². The summed E-state index contributed by atoms with van der Waals surface area (Å²) in [4.78, 5) is 26.4. The second-order valence-electron chi connectivity index (χ2n) is 12.8. The van der Waals surface area contributed by atoms with E-state index >= 15 is 0 Å². The highest BCUT2D eigenvalue weighted by molar-refractivity contribution is 5.84. The van der Waals surface area contributed by atoms with Crippen molar-refractivity contribution in [1.82, 2.24) is 0 Å². The highest BCUT2D eigenvalue weighted by Crippen LogP contribution is 2.59. The van der Waals surface area contributed by atoms with Gasteiger partial charge in [-0.2, -0.15) is 0 Å². The molecule has 46 heavy (non-hydrogen) atoms. The normalized spacial score (nSPS) is 16.0. The van der Waals surface area contributed by atoms with Crippen LogP contribution in [0.2, 0.25) is 0 Å². The maximum atomic E-state index is 13.2. The van der Waals surface area contributed by atoms with Crippen molar-refractivity contribution in [3.05, 3.63) is 119 Å². The number of hydrogen-bond donors (Lipinski definition) is 2. The summed E-state index contributed by atoms with van der Waals surface area (Å²) < 4.78 is 10.9. The maximum Gasteiger partial charge on any atom is 0.308 e. The lowest BCUT2D eigenvalue weighted by atomic mass is 9.62. The first kappa shape index (κ1) is 31.7. The minimum Gasteiger partial charge on any atom is -0.463 e. The van der Waals surface area contributed by atoms with Crippen molar-refractivity contribution < 1.29 is 29.3 Å². The van der Waals surface area contributed by atoms with Crippen molar-refractivity contribution in [2.45, 2.75) is 50.4 Å². The fraction of sp³-hybridized carbons (Fsp3) is 0.350. The smallest absolute Gasteiger partial charge is 0.308 e. The van der Waals surface area contributed by atoms with Crippen LogP contribution in [-0.2, 0) is 29.9 Å². The van der Waals surface area contributed by atoms with E-state index in [1.165, 1.54) is 44.5 Å². The molecule has 2 aliphatic rings. The van der Waals surface area contributed by atoms with Gasteiger partial charge in [0, 0.05) is 10.8 Å². The van der Waals surface area contributed by atoms with Crippen LogP contribution in [0, 0.1) is 11.8 Å². The Balaban J connectivity index is 1.48. The van der Waals surface area contributed by atoms with Gasteiger partial charge >= 0.3 is 11.9 Å². The monoisotopic (exact) mass is 618 g/mol. The molecule has 4 aromatic carbocycles. The zero-order valence-corrected chi connectivity index (χ0v) is 26.6. The quantitative estimate of drug-likeness (QED) is 0.160. The van der Waals surface area contributed by atoms with Crippen molar-refractivity contribution in [3.63, 3.8) is 0 Å². The predicted molar refractivity (Wildman–Crippen MR) is 178 cm³/mol. The number of carbonyl (C=O) groups excluding carboxylic acids is 2. The molecule has 2 atom stereocenters. The lowest BCUT2D eigenvalue weighted by Gasteiger charge is -2.40. The van der Waals surface area contributed by atoms with Gasteiger partial charge in [0.15, 0.2) is 0 Å². The van der Waals surface area contributed by atoms with Gasteiger partial charge in [0.25, 0.3) is 0 Å². The second-order valence-corrected chi connectivity index (χ2v) is 12.8. The number of hydrogen-bond acceptors (Lipinski definition) is 6. The summed E-state index contributed by atoms with van der Waals surface area (Å²) in [5, 5.41) is 18.6. The highest BCUT2D eigenvalue weighted by atomic mass is 16.5. The Hall–Kier alpha value is -4.26. The molecule has 2 unspecified atom stereocenters. The van der Waals surface area contributed by atoms with Gasteiger partial charge in [-0.3, -0.25) is 9.59 Å². The van der Waals surface area contributed by atoms with Crippen LogP contribution in [0.1, 0.15) is 61.8 Å². The molecule has 6 rings (SSSR count). The molecule has 0 aliphatic heterocycles. The molecular formula is C40H42O6. The van der Waals surface area contributed by atoms with Gasteiger partial charge in [-0.1, -0.05) is 111 Å². The van der Waals surface area contributed by atoms with Crippen molar-refractivity contribution >= 4 is 11.9 Å². The average molecular weight is 619 g/mol. The molecule has 0 saturated carbocycles. The first-order valence-electron chi connectivity index (χ1n) is 16.3. The SMILES string of the molecule is CC(CC1(CCC2(CC(C)C(=O)OCCO)c3ccccc3-c3ccccc32)c2ccccc2-c2ccccc21)C(=O)OCCO. The summed E-state index contributed by atoms with van der Waals surface area (Å²) in [5.74, 6) is -1.47. The topological polar surface area (TPSA) is 93.1 Å². The standard InChI is InChI=1S/C40H42O6/c1-27(37(43)45-23-21-41)25-39(33-15-7-3-11-29(33)30-12-4-8-16-34(30)39)19-20-40(26-28(2)38(44)46-24-22-42)35-17-9-5-13-31(35)32-14-6-10-18-36(32)40/h3-18,27-28,41-42H,19-26H2,1-2H3. The number of aliphatic hydroxyl groups is 2. The molecule has 0 radical (unpaired) electrons. The van der Waals surface area contributed by atoms with Gasteiger partial charge in [0.2, 0.25) is 0 Å². The van der Waals surface area contributed by atoms with Gasteiger partial charge in [-0.25, -0.2) is 0 Å². The van der Waals surface area contributed by atoms with E-state index in [9.17, 15) is 19.8 Å². The van der Waals surface area contributed by atoms with Crippen LogP contribution >= 0.6 is 0 Å². The molecule has 0 spiro atoms. The van der Waals surface area contributed by atoms with Gasteiger partial charge in [-0.05, 0) is 70.2 Å². The Morgan fingerprint density at radius 3 is 1.11 bits per heavy atom. The van der Waals surface area contributed by atoms with Crippen LogP contribution in [0.3, 0.4) is 0 Å². The van der Waals surface area contributed by atoms with Crippen molar-refractivity contribution in [2.75, 3.05) is 26.4 Å². The minimum atomic E-state index is -0.495. The highest BCUT2D eigenvalue weighted by Gasteiger charge is 2.50. The zero-order chi connectivity index (χ0) is 32.3. The Labute approximate surface area is 271 Å². The van der Waals surface area contributed by atoms with E-state index in [0.717, 1.165) is 12.8 Å². The predicted octanol–water partition coefficient (Wildman–Crippen LogP) is 6.82. The second kappa shape index (κ2) is 13.2. The molecule has 0 aromatic heterocycles. The molecule has 2 N–H and O–H groups in total. The van der Waals surface area contributed by atoms with Crippen molar-refractivity contribution in [2.24, 2.45) is 11.8 Å². The van der Waals surface area contributed by atoms with E-state index in [0.29, 0.717) is 12.8 Å². The van der Waals surface area contributed by atoms with Gasteiger partial charge in [-0.15, -0.1) is 0 Å². The summed E-state index contributed by atoms with van der Waals surface area (Å²) in [6, 6.07) is 34.0. The van der Waals surface area contributed by atoms with Crippen LogP contribution in [0.5, 0.6) is 0 Å². The first-order valence-corrected chi connectivity index (χ1v) is 16.3. The van der Waals surface area contributed by atoms with Gasteiger partial charge in [0.05, 0.1) is 25.0 Å². The molecule has 0 amide bonds. The number of aliphatic hydroxyl groups excluding tert-OH is 2. The number of ether oxygens (including phenoxy) is 2. The largest absolute Gasteiger partial charge is 0.463 e. The molecule has 6 nitrogen and oxygen atoms in total. The zero-order valence-electron chi connectivity index (χ0n) is 26.6. The molecule has 0 fully saturated rings. The maximum absolute atomic E-state index is 13.2. The molecule has 0 bridgehead atoms. The molecule has 0 heterocycles. The summed E-state index contributed by atoms with van der Waals surface area (Å²) >= 11 is 0. The molecule has 0 saturated heterocycles. The first-order chi connectivity index (χ1) is 22.4. The van der Waals surface area contributed by atoms with Crippen LogP contribution in [0.25, 0.3) is 22.3 Å². The molecular weight excluding hydrogens is 576 g/mol. The van der Waals surface area contributed by atoms with Crippen molar-refractivity contribution in [1.29, 1.82) is 0 Å². The number of esters is 2. The Morgan fingerprint density at radius 2 is 0.826 bits per heavy atom. The van der Waals surface area contributed by atoms with E-state index < -0.39 is 22.7 Å². The van der Waals surface area contributed by atoms with E-state index in [1.807, 2.05) is 13.8 Å². The van der Waals surface area contributed by atoms with Crippen LogP contribution in [-0.4, -0.2) is 48.6 Å². The fourth-order valence-electron chi connectivity index (χ4n) is 8.23. The Bertz CT molecular complexity index is 1510. The molecule has 4 aromatic rings. The summed E-state index contributed by atoms with van der Waals surface area (Å²) in [6.45, 7) is 3.36. The Kier molecular flexibility index (Phi) is 9.12. The molecule has 2 aliphatic carbocycles. The van der Waals surface area contributed by atoms with Crippen LogP contribution < -0.4 is 0 Å². The number of benzene rings is 4. The lowest BCUT2D eigenvalue weighted by molar-refractivity contribution is -0.150. The summed E-state index contributed by atoms with van der Waals surface area (Å²) in [5.41, 5.74) is 8.51. The van der Waals surface area contributed by atoms with E-state index in [1.54, 1.807) is 0 Å². The minimum absolute atomic E-state index is 0.0235.